The molecule has 0 heterocycles. The quantitative estimate of drug-likeness (QED) is 0.125. The average Bonchev–Trinajstić information content (AvgIpc) is 2.91. The molecular formula is C29H32N4O2. The van der Waals surface area contributed by atoms with Crippen molar-refractivity contribution in [3.05, 3.63) is 122 Å². The van der Waals surface area contributed by atoms with Crippen LogP contribution in [0.4, 0.5) is 11.4 Å². The van der Waals surface area contributed by atoms with Gasteiger partial charge in [0, 0.05) is 0 Å². The number of hydrogen-bond donors (Lipinski definition) is 0. The van der Waals surface area contributed by atoms with Crippen LogP contribution in [0.5, 0.6) is 0 Å². The standard InChI is InChI=1S/C29H32N4O2/c1-4-34-22-20-32(28-12-8-6-9-13-28)30-24-26-16-18-27(19-17-26)25(3)31-33(21-23-35-5-2)29-14-10-7-11-15-29/h4-19,24H,1-2,20-23H2,3H3/b30-24+,31-25+. The molecule has 3 aromatic carbocycles. The summed E-state index contributed by atoms with van der Waals surface area (Å²) in [6.07, 6.45) is 4.74. The SMILES string of the molecule is C=COCCN(/N=C/c1ccc(/C(C)=N/N(CCOC=C)c2ccccc2)cc1)c1ccccc1. The Bertz CT molecular complexity index is 1100. The Morgan fingerprint density at radius 2 is 1.26 bits per heavy atom. The van der Waals surface area contributed by atoms with Gasteiger partial charge in [0.05, 0.1) is 48.9 Å². The zero-order valence-electron chi connectivity index (χ0n) is 20.2. The third-order valence-corrected chi connectivity index (χ3v) is 5.13. The fourth-order valence-electron chi connectivity index (χ4n) is 3.32. The Balaban J connectivity index is 1.73. The minimum atomic E-state index is 0.500. The monoisotopic (exact) mass is 468 g/mol. The molecule has 0 saturated heterocycles. The predicted molar refractivity (Wildman–Crippen MR) is 146 cm³/mol. The van der Waals surface area contributed by atoms with E-state index in [0.29, 0.717) is 26.3 Å². The summed E-state index contributed by atoms with van der Waals surface area (Å²) >= 11 is 0. The highest BCUT2D eigenvalue weighted by molar-refractivity contribution is 5.99. The Kier molecular flexibility index (Phi) is 10.2. The van der Waals surface area contributed by atoms with Gasteiger partial charge in [-0.2, -0.15) is 10.2 Å². The van der Waals surface area contributed by atoms with Gasteiger partial charge in [0.1, 0.15) is 13.2 Å². The third-order valence-electron chi connectivity index (χ3n) is 5.13. The van der Waals surface area contributed by atoms with E-state index in [1.54, 1.807) is 0 Å². The van der Waals surface area contributed by atoms with E-state index in [1.807, 2.05) is 96.0 Å². The molecular weight excluding hydrogens is 436 g/mol. The summed E-state index contributed by atoms with van der Waals surface area (Å²) in [5.41, 5.74) is 4.93. The minimum Gasteiger partial charge on any atom is -0.500 e. The van der Waals surface area contributed by atoms with E-state index in [1.165, 1.54) is 12.5 Å². The molecule has 0 fully saturated rings. The van der Waals surface area contributed by atoms with Crippen LogP contribution in [0.1, 0.15) is 18.1 Å². The van der Waals surface area contributed by atoms with Crippen molar-refractivity contribution in [1.82, 2.24) is 0 Å². The number of ether oxygens (including phenoxy) is 2. The van der Waals surface area contributed by atoms with Crippen molar-refractivity contribution in [1.29, 1.82) is 0 Å². The largest absolute Gasteiger partial charge is 0.500 e. The predicted octanol–water partition coefficient (Wildman–Crippen LogP) is 6.08. The summed E-state index contributed by atoms with van der Waals surface area (Å²) in [7, 11) is 0. The van der Waals surface area contributed by atoms with Crippen LogP contribution in [0.3, 0.4) is 0 Å². The number of hydrogen-bond acceptors (Lipinski definition) is 6. The van der Waals surface area contributed by atoms with Gasteiger partial charge in [0.15, 0.2) is 0 Å². The molecule has 180 valence electrons. The minimum absolute atomic E-state index is 0.500. The van der Waals surface area contributed by atoms with Crippen LogP contribution >= 0.6 is 0 Å². The molecule has 6 heteroatoms. The van der Waals surface area contributed by atoms with Gasteiger partial charge in [0.25, 0.3) is 0 Å². The van der Waals surface area contributed by atoms with E-state index in [0.717, 1.165) is 28.2 Å². The molecule has 0 unspecified atom stereocenters. The van der Waals surface area contributed by atoms with Crippen LogP contribution in [0.25, 0.3) is 0 Å². The Labute approximate surface area is 208 Å². The van der Waals surface area contributed by atoms with E-state index in [2.05, 4.69) is 30.4 Å². The molecule has 0 spiro atoms. The lowest BCUT2D eigenvalue weighted by Gasteiger charge is -2.20. The van der Waals surface area contributed by atoms with Crippen molar-refractivity contribution >= 4 is 23.3 Å². The molecule has 6 nitrogen and oxygen atoms in total. The van der Waals surface area contributed by atoms with Crippen molar-refractivity contribution in [2.75, 3.05) is 36.3 Å². The fraction of sp³-hybridized carbons (Fsp3) is 0.172. The maximum absolute atomic E-state index is 5.32. The first kappa shape index (κ1) is 25.3. The Hall–Kier alpha value is -4.32. The second-order valence-electron chi connectivity index (χ2n) is 7.54. The summed E-state index contributed by atoms with van der Waals surface area (Å²) < 4.78 is 10.6. The van der Waals surface area contributed by atoms with Crippen LogP contribution < -0.4 is 10.0 Å². The van der Waals surface area contributed by atoms with Gasteiger partial charge in [-0.3, -0.25) is 10.0 Å². The number of hydrazone groups is 2. The molecule has 0 aliphatic heterocycles. The first-order valence-electron chi connectivity index (χ1n) is 11.5. The maximum Gasteiger partial charge on any atom is 0.107 e. The van der Waals surface area contributed by atoms with Crippen molar-refractivity contribution in [2.45, 2.75) is 6.92 Å². The zero-order valence-corrected chi connectivity index (χ0v) is 20.2. The van der Waals surface area contributed by atoms with Gasteiger partial charge in [-0.15, -0.1) is 0 Å². The highest BCUT2D eigenvalue weighted by Crippen LogP contribution is 2.16. The van der Waals surface area contributed by atoms with Crippen LogP contribution in [0.15, 0.2) is 121 Å². The lowest BCUT2D eigenvalue weighted by atomic mass is 10.1. The first-order valence-corrected chi connectivity index (χ1v) is 11.5. The van der Waals surface area contributed by atoms with Crippen LogP contribution in [-0.4, -0.2) is 38.2 Å². The third kappa shape index (κ3) is 8.19. The lowest BCUT2D eigenvalue weighted by molar-refractivity contribution is 0.258. The van der Waals surface area contributed by atoms with E-state index < -0.39 is 0 Å². The first-order chi connectivity index (χ1) is 17.2. The molecule has 0 aromatic heterocycles. The fourth-order valence-corrected chi connectivity index (χ4v) is 3.32. The molecule has 0 amide bonds. The van der Waals surface area contributed by atoms with E-state index in [-0.39, 0.29) is 0 Å². The second-order valence-corrected chi connectivity index (χ2v) is 7.54. The van der Waals surface area contributed by atoms with E-state index in [4.69, 9.17) is 14.6 Å². The zero-order chi connectivity index (χ0) is 24.7. The van der Waals surface area contributed by atoms with Gasteiger partial charge in [-0.1, -0.05) is 73.8 Å². The van der Waals surface area contributed by atoms with Crippen LogP contribution in [-0.2, 0) is 9.47 Å². The summed E-state index contributed by atoms with van der Waals surface area (Å²) in [6.45, 7) is 11.4. The highest BCUT2D eigenvalue weighted by atomic mass is 16.5. The number of rotatable bonds is 14. The molecule has 3 aromatic rings. The molecule has 3 rings (SSSR count). The van der Waals surface area contributed by atoms with Crippen molar-refractivity contribution in [3.8, 4) is 0 Å². The van der Waals surface area contributed by atoms with Crippen molar-refractivity contribution in [3.63, 3.8) is 0 Å². The summed E-state index contributed by atoms with van der Waals surface area (Å²) in [5.74, 6) is 0. The number of anilines is 2. The molecule has 0 aliphatic rings. The lowest BCUT2D eigenvalue weighted by Crippen LogP contribution is -2.23. The molecule has 0 bridgehead atoms. The molecule has 35 heavy (non-hydrogen) atoms. The van der Waals surface area contributed by atoms with E-state index >= 15 is 0 Å². The average molecular weight is 469 g/mol. The summed E-state index contributed by atoms with van der Waals surface area (Å²) in [6, 6.07) is 28.2. The maximum atomic E-state index is 5.32. The van der Waals surface area contributed by atoms with Gasteiger partial charge in [-0.05, 0) is 42.3 Å². The summed E-state index contributed by atoms with van der Waals surface area (Å²) in [4.78, 5) is 0. The topological polar surface area (TPSA) is 49.7 Å². The molecule has 0 N–H and O–H groups in total. The Morgan fingerprint density at radius 1 is 0.743 bits per heavy atom. The summed E-state index contributed by atoms with van der Waals surface area (Å²) in [5, 5.41) is 13.4. The van der Waals surface area contributed by atoms with Gasteiger partial charge < -0.3 is 9.47 Å². The van der Waals surface area contributed by atoms with Crippen LogP contribution in [0, 0.1) is 0 Å². The van der Waals surface area contributed by atoms with Crippen molar-refractivity contribution < 1.29 is 9.47 Å². The number of para-hydroxylation sites is 2. The highest BCUT2D eigenvalue weighted by Gasteiger charge is 2.07. The van der Waals surface area contributed by atoms with E-state index in [9.17, 15) is 0 Å². The second kappa shape index (κ2) is 14.1. The molecule has 0 aliphatic carbocycles. The van der Waals surface area contributed by atoms with Gasteiger partial charge in [0.2, 0.25) is 0 Å². The van der Waals surface area contributed by atoms with Gasteiger partial charge >= 0.3 is 0 Å². The smallest absolute Gasteiger partial charge is 0.107 e. The molecule has 0 atom stereocenters. The molecule has 0 saturated carbocycles. The molecule has 0 radical (unpaired) electrons. The van der Waals surface area contributed by atoms with Crippen molar-refractivity contribution in [2.24, 2.45) is 10.2 Å². The van der Waals surface area contributed by atoms with Gasteiger partial charge in [-0.25, -0.2) is 0 Å². The van der Waals surface area contributed by atoms with Crippen LogP contribution in [0.2, 0.25) is 0 Å². The number of nitrogens with zero attached hydrogens (tertiary/aromatic N) is 4. The normalized spacial score (nSPS) is 11.2. The Morgan fingerprint density at radius 3 is 1.80 bits per heavy atom. The number of benzene rings is 3.